The molecule has 0 aliphatic heterocycles. The van der Waals surface area contributed by atoms with Crippen molar-refractivity contribution < 1.29 is 42.1 Å². The standard InChI is InChI=1S/C52H94NO8P/c1-6-8-10-12-14-16-18-20-22-24-26-28-30-32-34-36-38-40-42-44-51(54)58-48-50(49-60-62(56,57)59-47-46-53(3,4)5)61-52(55)45-43-41-39-37-35-33-31-29-27-25-23-21-19-17-15-13-11-9-7-2/h8,10,14,16,20,22,26,28,32,34,50H,6-7,9,11-13,15,17-19,21,23-25,27,29-31,33,35-49H2,1-5H3/b10-8-,16-14-,22-20-,28-26-,34-32-/t50-/m1/s1. The van der Waals surface area contributed by atoms with E-state index in [1.807, 2.05) is 21.1 Å². The van der Waals surface area contributed by atoms with E-state index in [9.17, 15) is 19.0 Å². The van der Waals surface area contributed by atoms with Crippen LogP contribution < -0.4 is 4.89 Å². The van der Waals surface area contributed by atoms with E-state index in [0.29, 0.717) is 23.9 Å². The third-order valence-corrected chi connectivity index (χ3v) is 11.5. The van der Waals surface area contributed by atoms with Crippen LogP contribution in [0.1, 0.15) is 206 Å². The van der Waals surface area contributed by atoms with Gasteiger partial charge in [0.05, 0.1) is 27.7 Å². The number of hydrogen-bond acceptors (Lipinski definition) is 8. The summed E-state index contributed by atoms with van der Waals surface area (Å²) in [7, 11) is 1.14. The van der Waals surface area contributed by atoms with Crippen molar-refractivity contribution in [1.82, 2.24) is 0 Å². The van der Waals surface area contributed by atoms with Crippen LogP contribution in [0.2, 0.25) is 0 Å². The van der Waals surface area contributed by atoms with Crippen molar-refractivity contribution in [2.75, 3.05) is 47.5 Å². The summed E-state index contributed by atoms with van der Waals surface area (Å²) in [6, 6.07) is 0. The van der Waals surface area contributed by atoms with E-state index < -0.39 is 32.5 Å². The Morgan fingerprint density at radius 1 is 0.516 bits per heavy atom. The molecule has 0 aromatic rings. The Labute approximate surface area is 381 Å². The first-order valence-electron chi connectivity index (χ1n) is 25.0. The second kappa shape index (κ2) is 43.9. The Morgan fingerprint density at radius 3 is 1.37 bits per heavy atom. The van der Waals surface area contributed by atoms with Gasteiger partial charge in [0.15, 0.2) is 6.10 Å². The summed E-state index contributed by atoms with van der Waals surface area (Å²) in [6.45, 7) is 4.09. The molecule has 2 atom stereocenters. The van der Waals surface area contributed by atoms with E-state index in [0.717, 1.165) is 70.6 Å². The van der Waals surface area contributed by atoms with Crippen LogP contribution in [0.5, 0.6) is 0 Å². The Hall–Kier alpha value is -2.29. The molecule has 0 saturated heterocycles. The number of quaternary nitrogens is 1. The molecule has 0 heterocycles. The Balaban J connectivity index is 4.32. The molecule has 10 heteroatoms. The number of ether oxygens (including phenoxy) is 2. The lowest BCUT2D eigenvalue weighted by Crippen LogP contribution is -2.37. The van der Waals surface area contributed by atoms with Crippen LogP contribution >= 0.6 is 7.82 Å². The second-order valence-corrected chi connectivity index (χ2v) is 19.2. The van der Waals surface area contributed by atoms with Crippen LogP contribution in [-0.4, -0.2) is 70.0 Å². The van der Waals surface area contributed by atoms with E-state index >= 15 is 0 Å². The third-order valence-electron chi connectivity index (χ3n) is 10.6. The van der Waals surface area contributed by atoms with E-state index in [1.165, 1.54) is 96.3 Å². The average Bonchev–Trinajstić information content (AvgIpc) is 3.23. The maximum atomic E-state index is 12.7. The van der Waals surface area contributed by atoms with Crippen molar-refractivity contribution in [2.45, 2.75) is 213 Å². The van der Waals surface area contributed by atoms with E-state index in [-0.39, 0.29) is 26.1 Å². The fraction of sp³-hybridized carbons (Fsp3) is 0.769. The van der Waals surface area contributed by atoms with Crippen molar-refractivity contribution in [3.63, 3.8) is 0 Å². The number of hydrogen-bond donors (Lipinski definition) is 0. The first kappa shape index (κ1) is 59.7. The average molecular weight is 892 g/mol. The quantitative estimate of drug-likeness (QED) is 0.0195. The van der Waals surface area contributed by atoms with Gasteiger partial charge in [-0.3, -0.25) is 14.2 Å². The van der Waals surface area contributed by atoms with Gasteiger partial charge in [-0.1, -0.05) is 197 Å². The molecule has 0 aliphatic carbocycles. The minimum Gasteiger partial charge on any atom is -0.756 e. The maximum absolute atomic E-state index is 12.7. The number of carbonyl (C=O) groups excluding carboxylic acids is 2. The molecule has 9 nitrogen and oxygen atoms in total. The molecular formula is C52H94NO8P. The minimum atomic E-state index is -4.64. The van der Waals surface area contributed by atoms with Gasteiger partial charge in [-0.2, -0.15) is 0 Å². The van der Waals surface area contributed by atoms with Gasteiger partial charge in [-0.15, -0.1) is 0 Å². The van der Waals surface area contributed by atoms with Crippen molar-refractivity contribution in [2.24, 2.45) is 0 Å². The molecule has 0 radical (unpaired) electrons. The van der Waals surface area contributed by atoms with Gasteiger partial charge in [-0.25, -0.2) is 0 Å². The van der Waals surface area contributed by atoms with Gasteiger partial charge in [-0.05, 0) is 57.8 Å². The summed E-state index contributed by atoms with van der Waals surface area (Å²) in [5.41, 5.74) is 0. The summed E-state index contributed by atoms with van der Waals surface area (Å²) >= 11 is 0. The number of carbonyl (C=O) groups is 2. The van der Waals surface area contributed by atoms with Crippen LogP contribution in [0.4, 0.5) is 0 Å². The van der Waals surface area contributed by atoms with E-state index in [4.69, 9.17) is 18.5 Å². The monoisotopic (exact) mass is 892 g/mol. The lowest BCUT2D eigenvalue weighted by Gasteiger charge is -2.28. The molecular weight excluding hydrogens is 798 g/mol. The molecule has 62 heavy (non-hydrogen) atoms. The summed E-state index contributed by atoms with van der Waals surface area (Å²) in [5.74, 6) is -0.868. The number of likely N-dealkylation sites (N-methyl/N-ethyl adjacent to an activating group) is 1. The van der Waals surface area contributed by atoms with Gasteiger partial charge in [0.2, 0.25) is 0 Å². The predicted octanol–water partition coefficient (Wildman–Crippen LogP) is 14.2. The number of allylic oxidation sites excluding steroid dienone is 10. The van der Waals surface area contributed by atoms with Gasteiger partial charge in [0.25, 0.3) is 7.82 Å². The summed E-state index contributed by atoms with van der Waals surface area (Å²) < 4.78 is 34.0. The highest BCUT2D eigenvalue weighted by atomic mass is 31.2. The molecule has 0 saturated carbocycles. The van der Waals surface area contributed by atoms with Crippen molar-refractivity contribution in [1.29, 1.82) is 0 Å². The molecule has 0 rings (SSSR count). The molecule has 360 valence electrons. The topological polar surface area (TPSA) is 111 Å². The molecule has 0 aromatic carbocycles. The van der Waals surface area contributed by atoms with E-state index in [1.54, 1.807) is 0 Å². The van der Waals surface area contributed by atoms with Crippen LogP contribution in [0, 0.1) is 0 Å². The van der Waals surface area contributed by atoms with Crippen molar-refractivity contribution in [3.8, 4) is 0 Å². The summed E-state index contributed by atoms with van der Waals surface area (Å²) in [4.78, 5) is 37.7. The van der Waals surface area contributed by atoms with Gasteiger partial charge in [0, 0.05) is 12.8 Å². The lowest BCUT2D eigenvalue weighted by molar-refractivity contribution is -0.870. The highest BCUT2D eigenvalue weighted by molar-refractivity contribution is 7.45. The van der Waals surface area contributed by atoms with Gasteiger partial charge in [0.1, 0.15) is 19.8 Å². The molecule has 0 N–H and O–H groups in total. The number of nitrogens with zero attached hydrogens (tertiary/aromatic N) is 1. The first-order valence-corrected chi connectivity index (χ1v) is 26.5. The zero-order chi connectivity index (χ0) is 45.7. The van der Waals surface area contributed by atoms with E-state index in [2.05, 4.69) is 74.6 Å². The first-order chi connectivity index (χ1) is 30.0. The maximum Gasteiger partial charge on any atom is 0.306 e. The minimum absolute atomic E-state index is 0.0375. The molecule has 0 aliphatic rings. The molecule has 0 fully saturated rings. The zero-order valence-electron chi connectivity index (χ0n) is 40.6. The number of esters is 2. The number of phosphoric ester groups is 1. The smallest absolute Gasteiger partial charge is 0.306 e. The van der Waals surface area contributed by atoms with Crippen LogP contribution in [0.15, 0.2) is 60.8 Å². The summed E-state index contributed by atoms with van der Waals surface area (Å²) in [5, 5.41) is 0. The molecule has 0 amide bonds. The van der Waals surface area contributed by atoms with Crippen molar-refractivity contribution >= 4 is 19.8 Å². The number of phosphoric acid groups is 1. The predicted molar refractivity (Wildman–Crippen MR) is 259 cm³/mol. The second-order valence-electron chi connectivity index (χ2n) is 17.8. The van der Waals surface area contributed by atoms with Crippen LogP contribution in [-0.2, 0) is 32.7 Å². The summed E-state index contributed by atoms with van der Waals surface area (Å²) in [6.07, 6.45) is 53.9. The van der Waals surface area contributed by atoms with Gasteiger partial charge < -0.3 is 27.9 Å². The third kappa shape index (κ3) is 47.2. The normalized spacial score (nSPS) is 14.0. The fourth-order valence-corrected chi connectivity index (χ4v) is 7.41. The Morgan fingerprint density at radius 2 is 0.919 bits per heavy atom. The largest absolute Gasteiger partial charge is 0.756 e. The van der Waals surface area contributed by atoms with Crippen LogP contribution in [0.3, 0.4) is 0 Å². The SMILES string of the molecule is CC/C=C\C/C=C\C/C=C\C/C=C\C/C=C\CCCCCC(=O)OC[C@H](COP(=O)([O-])OCC[N+](C)(C)C)OC(=O)CCCCCCCCCCCCCCCCCCCCC. The van der Waals surface area contributed by atoms with Crippen molar-refractivity contribution in [3.05, 3.63) is 60.8 Å². The number of unbranched alkanes of at least 4 members (excludes halogenated alkanes) is 21. The molecule has 0 spiro atoms. The Kier molecular flexibility index (Phi) is 42.3. The highest BCUT2D eigenvalue weighted by Crippen LogP contribution is 2.38. The van der Waals surface area contributed by atoms with Gasteiger partial charge >= 0.3 is 11.9 Å². The fourth-order valence-electron chi connectivity index (χ4n) is 6.68. The molecule has 1 unspecified atom stereocenters. The highest BCUT2D eigenvalue weighted by Gasteiger charge is 2.21. The zero-order valence-corrected chi connectivity index (χ0v) is 41.4. The lowest BCUT2D eigenvalue weighted by atomic mass is 10.0. The van der Waals surface area contributed by atoms with Crippen LogP contribution in [0.25, 0.3) is 0 Å². The molecule has 0 aromatic heterocycles. The molecule has 0 bridgehead atoms. The number of rotatable bonds is 45. The Bertz CT molecular complexity index is 1240.